The van der Waals surface area contributed by atoms with Crippen LogP contribution in [0.2, 0.25) is 0 Å². The van der Waals surface area contributed by atoms with Crippen LogP contribution in [-0.4, -0.2) is 107 Å². The van der Waals surface area contributed by atoms with Gasteiger partial charge in [0.15, 0.2) is 5.96 Å². The summed E-state index contributed by atoms with van der Waals surface area (Å²) >= 11 is 0. The molecule has 0 amide bonds. The molecule has 2 heterocycles. The molecular formula is C23H40N6O2. The van der Waals surface area contributed by atoms with Crippen molar-refractivity contribution in [1.82, 2.24) is 25.3 Å². The molecule has 3 rings (SSSR count). The van der Waals surface area contributed by atoms with E-state index in [-0.39, 0.29) is 0 Å². The first-order valence-corrected chi connectivity index (χ1v) is 11.4. The van der Waals surface area contributed by atoms with E-state index in [2.05, 4.69) is 49.5 Å². The Bertz CT molecular complexity index is 691. The van der Waals surface area contributed by atoms with Gasteiger partial charge < -0.3 is 29.9 Å². The van der Waals surface area contributed by atoms with Crippen molar-refractivity contribution in [1.29, 1.82) is 0 Å². The quantitative estimate of drug-likeness (QED) is 0.471. The number of likely N-dealkylation sites (N-methyl/N-ethyl adjacent to an activating group) is 1. The lowest BCUT2D eigenvalue weighted by molar-refractivity contribution is 0.279. The van der Waals surface area contributed by atoms with E-state index in [1.807, 2.05) is 13.1 Å². The molecule has 0 aliphatic carbocycles. The van der Waals surface area contributed by atoms with Crippen molar-refractivity contribution >= 4 is 5.96 Å². The summed E-state index contributed by atoms with van der Waals surface area (Å²) in [7, 11) is 7.45. The van der Waals surface area contributed by atoms with Gasteiger partial charge in [-0.3, -0.25) is 9.89 Å². The van der Waals surface area contributed by atoms with E-state index in [1.54, 1.807) is 14.2 Å². The van der Waals surface area contributed by atoms with E-state index in [0.29, 0.717) is 6.04 Å². The summed E-state index contributed by atoms with van der Waals surface area (Å²) < 4.78 is 10.8. The van der Waals surface area contributed by atoms with Gasteiger partial charge in [0.05, 0.1) is 14.2 Å². The number of guanidine groups is 1. The van der Waals surface area contributed by atoms with Gasteiger partial charge in [-0.2, -0.15) is 0 Å². The van der Waals surface area contributed by atoms with Crippen LogP contribution in [0.25, 0.3) is 0 Å². The number of likely N-dealkylation sites (tertiary alicyclic amines) is 1. The van der Waals surface area contributed by atoms with Crippen molar-refractivity contribution in [2.75, 3.05) is 80.7 Å². The van der Waals surface area contributed by atoms with Crippen molar-refractivity contribution in [3.8, 4) is 11.5 Å². The summed E-state index contributed by atoms with van der Waals surface area (Å²) in [6.45, 7) is 9.63. The molecule has 8 heteroatoms. The van der Waals surface area contributed by atoms with Gasteiger partial charge >= 0.3 is 0 Å². The highest BCUT2D eigenvalue weighted by molar-refractivity contribution is 5.80. The fourth-order valence-corrected chi connectivity index (χ4v) is 4.35. The Morgan fingerprint density at radius 1 is 1.03 bits per heavy atom. The predicted molar refractivity (Wildman–Crippen MR) is 126 cm³/mol. The molecule has 1 atom stereocenters. The second-order valence-electron chi connectivity index (χ2n) is 8.58. The Morgan fingerprint density at radius 3 is 2.52 bits per heavy atom. The fraction of sp³-hybridized carbons (Fsp3) is 0.696. The van der Waals surface area contributed by atoms with Gasteiger partial charge in [-0.25, -0.2) is 0 Å². The molecule has 2 saturated heterocycles. The number of methoxy groups -OCH3 is 2. The molecule has 2 N–H and O–H groups in total. The minimum atomic E-state index is 0.408. The summed E-state index contributed by atoms with van der Waals surface area (Å²) in [6.07, 6.45) is 2.36. The minimum Gasteiger partial charge on any atom is -0.497 e. The SMILES string of the molecule is CN=C(NCCN1CCCN(C)CC1)NC1CCN(Cc2cc(OC)cc(OC)c2)C1. The van der Waals surface area contributed by atoms with Crippen LogP contribution in [0.1, 0.15) is 18.4 Å². The molecule has 0 saturated carbocycles. The Kier molecular flexibility index (Phi) is 9.24. The van der Waals surface area contributed by atoms with Crippen molar-refractivity contribution in [2.24, 2.45) is 4.99 Å². The smallest absolute Gasteiger partial charge is 0.191 e. The van der Waals surface area contributed by atoms with E-state index in [9.17, 15) is 0 Å². The molecule has 2 aliphatic heterocycles. The highest BCUT2D eigenvalue weighted by atomic mass is 16.5. The number of ether oxygens (including phenoxy) is 2. The number of aliphatic imine (C=N–C) groups is 1. The lowest BCUT2D eigenvalue weighted by Crippen LogP contribution is -2.46. The zero-order valence-corrected chi connectivity index (χ0v) is 19.7. The highest BCUT2D eigenvalue weighted by Crippen LogP contribution is 2.24. The third-order valence-electron chi connectivity index (χ3n) is 6.19. The van der Waals surface area contributed by atoms with Crippen LogP contribution in [0.15, 0.2) is 23.2 Å². The molecule has 2 fully saturated rings. The van der Waals surface area contributed by atoms with E-state index >= 15 is 0 Å². The van der Waals surface area contributed by atoms with E-state index in [0.717, 1.165) is 69.7 Å². The number of benzene rings is 1. The van der Waals surface area contributed by atoms with Crippen LogP contribution in [0.5, 0.6) is 11.5 Å². The lowest BCUT2D eigenvalue weighted by Gasteiger charge is -2.22. The van der Waals surface area contributed by atoms with E-state index < -0.39 is 0 Å². The van der Waals surface area contributed by atoms with Gasteiger partial charge in [-0.15, -0.1) is 0 Å². The van der Waals surface area contributed by atoms with Crippen LogP contribution in [0.3, 0.4) is 0 Å². The average molecular weight is 433 g/mol. The third kappa shape index (κ3) is 7.55. The standard InChI is InChI=1S/C23H40N6O2/c1-24-23(25-7-11-28-9-5-8-27(2)12-13-28)26-20-6-10-29(18-20)17-19-14-21(30-3)16-22(15-19)31-4/h14-16,20H,5-13,17-18H2,1-4H3,(H2,24,25,26). The lowest BCUT2D eigenvalue weighted by atomic mass is 10.2. The summed E-state index contributed by atoms with van der Waals surface area (Å²) in [4.78, 5) is 11.9. The van der Waals surface area contributed by atoms with Gasteiger partial charge in [-0.05, 0) is 50.7 Å². The number of hydrogen-bond acceptors (Lipinski definition) is 6. The number of rotatable bonds is 8. The summed E-state index contributed by atoms with van der Waals surface area (Å²) in [6, 6.07) is 6.50. The van der Waals surface area contributed by atoms with Gasteiger partial charge in [0.1, 0.15) is 11.5 Å². The molecule has 1 unspecified atom stereocenters. The minimum absolute atomic E-state index is 0.408. The van der Waals surface area contributed by atoms with E-state index in [4.69, 9.17) is 9.47 Å². The molecular weight excluding hydrogens is 392 g/mol. The monoisotopic (exact) mass is 432 g/mol. The van der Waals surface area contributed by atoms with Crippen LogP contribution < -0.4 is 20.1 Å². The Labute approximate surface area is 187 Å². The number of nitrogens with zero attached hydrogens (tertiary/aromatic N) is 4. The van der Waals surface area contributed by atoms with Crippen LogP contribution in [0.4, 0.5) is 0 Å². The second-order valence-corrected chi connectivity index (χ2v) is 8.58. The average Bonchev–Trinajstić information content (AvgIpc) is 3.11. The topological polar surface area (TPSA) is 64.6 Å². The first-order valence-electron chi connectivity index (χ1n) is 11.4. The summed E-state index contributed by atoms with van der Waals surface area (Å²) in [5.41, 5.74) is 1.21. The predicted octanol–water partition coefficient (Wildman–Crippen LogP) is 1.08. The summed E-state index contributed by atoms with van der Waals surface area (Å²) in [5, 5.41) is 7.11. The highest BCUT2D eigenvalue weighted by Gasteiger charge is 2.23. The van der Waals surface area contributed by atoms with Crippen molar-refractivity contribution < 1.29 is 9.47 Å². The van der Waals surface area contributed by atoms with E-state index in [1.165, 1.54) is 25.1 Å². The molecule has 31 heavy (non-hydrogen) atoms. The normalized spacial score (nSPS) is 21.7. The maximum absolute atomic E-state index is 5.40. The first kappa shape index (κ1) is 23.6. The van der Waals surface area contributed by atoms with Crippen molar-refractivity contribution in [3.05, 3.63) is 23.8 Å². The second kappa shape index (κ2) is 12.1. The Hall–Kier alpha value is -2.03. The number of hydrogen-bond donors (Lipinski definition) is 2. The third-order valence-corrected chi connectivity index (χ3v) is 6.19. The molecule has 174 valence electrons. The zero-order valence-electron chi connectivity index (χ0n) is 19.7. The molecule has 1 aromatic rings. The van der Waals surface area contributed by atoms with Gasteiger partial charge in [0.25, 0.3) is 0 Å². The Balaban J connectivity index is 1.41. The fourth-order valence-electron chi connectivity index (χ4n) is 4.35. The van der Waals surface area contributed by atoms with Gasteiger partial charge in [-0.1, -0.05) is 0 Å². The molecule has 0 radical (unpaired) electrons. The summed E-state index contributed by atoms with van der Waals surface area (Å²) in [5.74, 6) is 2.58. The van der Waals surface area contributed by atoms with Crippen molar-refractivity contribution in [3.63, 3.8) is 0 Å². The molecule has 1 aromatic carbocycles. The molecule has 2 aliphatic rings. The molecule has 0 spiro atoms. The van der Waals surface area contributed by atoms with Crippen LogP contribution in [0, 0.1) is 0 Å². The number of nitrogens with one attached hydrogen (secondary N) is 2. The maximum Gasteiger partial charge on any atom is 0.191 e. The van der Waals surface area contributed by atoms with Crippen molar-refractivity contribution in [2.45, 2.75) is 25.4 Å². The molecule has 0 aromatic heterocycles. The van der Waals surface area contributed by atoms with Crippen LogP contribution >= 0.6 is 0 Å². The zero-order chi connectivity index (χ0) is 22.1. The van der Waals surface area contributed by atoms with Crippen LogP contribution in [-0.2, 0) is 6.54 Å². The maximum atomic E-state index is 5.40. The molecule has 8 nitrogen and oxygen atoms in total. The Morgan fingerprint density at radius 2 is 1.81 bits per heavy atom. The molecule has 0 bridgehead atoms. The largest absolute Gasteiger partial charge is 0.497 e. The van der Waals surface area contributed by atoms with Gasteiger partial charge in [0.2, 0.25) is 0 Å². The van der Waals surface area contributed by atoms with Gasteiger partial charge in [0, 0.05) is 65.0 Å². The first-order chi connectivity index (χ1) is 15.1.